The molecule has 0 amide bonds. The van der Waals surface area contributed by atoms with Crippen LogP contribution in [-0.2, 0) is 14.3 Å². The summed E-state index contributed by atoms with van der Waals surface area (Å²) in [5.74, 6) is -0.549. The van der Waals surface area contributed by atoms with Gasteiger partial charge in [-0.15, -0.1) is 0 Å². The summed E-state index contributed by atoms with van der Waals surface area (Å²) in [6, 6.07) is 0. The van der Waals surface area contributed by atoms with Gasteiger partial charge in [0, 0.05) is 11.8 Å². The van der Waals surface area contributed by atoms with Crippen molar-refractivity contribution in [3.05, 3.63) is 25.0 Å². The first-order valence-corrected chi connectivity index (χ1v) is 3.79. The van der Waals surface area contributed by atoms with Gasteiger partial charge in [-0.05, 0) is 6.08 Å². The molecule has 1 saturated carbocycles. The molecule has 2 aliphatic rings. The van der Waals surface area contributed by atoms with Gasteiger partial charge < -0.3 is 4.74 Å². The smallest absolute Gasteiger partial charge is 0.315 e. The highest BCUT2D eigenvalue weighted by atomic mass is 16.5. The standard InChI is InChI=1S/C9H8O3/c1-2-12-9(11)8-5-3-4-6(10)7(5)8/h2-5,7-8H,1H2/t5-,7-,8+/m1/s1. The molecule has 3 atom stereocenters. The van der Waals surface area contributed by atoms with Crippen molar-refractivity contribution in [2.24, 2.45) is 17.8 Å². The molecule has 0 bridgehead atoms. The molecule has 3 heteroatoms. The number of esters is 1. The van der Waals surface area contributed by atoms with Crippen molar-refractivity contribution in [3.63, 3.8) is 0 Å². The number of hydrogen-bond acceptors (Lipinski definition) is 3. The van der Waals surface area contributed by atoms with E-state index in [9.17, 15) is 9.59 Å². The Hall–Kier alpha value is -1.38. The maximum atomic E-state index is 11.1. The number of ketones is 1. The predicted molar refractivity (Wildman–Crippen MR) is 40.9 cm³/mol. The van der Waals surface area contributed by atoms with Gasteiger partial charge in [-0.3, -0.25) is 9.59 Å². The highest BCUT2D eigenvalue weighted by Crippen LogP contribution is 2.52. The lowest BCUT2D eigenvalue weighted by atomic mass is 10.2. The summed E-state index contributed by atoms with van der Waals surface area (Å²) in [6.07, 6.45) is 4.42. The van der Waals surface area contributed by atoms with Crippen LogP contribution in [0.25, 0.3) is 0 Å². The highest BCUT2D eigenvalue weighted by molar-refractivity contribution is 6.02. The molecular formula is C9H8O3. The van der Waals surface area contributed by atoms with Gasteiger partial charge in [-0.1, -0.05) is 12.7 Å². The maximum Gasteiger partial charge on any atom is 0.315 e. The summed E-state index contributed by atoms with van der Waals surface area (Å²) in [4.78, 5) is 22.1. The Morgan fingerprint density at radius 1 is 1.67 bits per heavy atom. The highest BCUT2D eigenvalue weighted by Gasteiger charge is 2.60. The van der Waals surface area contributed by atoms with E-state index in [4.69, 9.17) is 0 Å². The fraction of sp³-hybridized carbons (Fsp3) is 0.333. The third-order valence-corrected chi connectivity index (χ3v) is 2.36. The zero-order chi connectivity index (χ0) is 8.72. The SMILES string of the molecule is C=COC(=O)[C@H]1[C@@H]2C=CC(=O)[C@@H]21. The second-order valence-electron chi connectivity index (χ2n) is 2.99. The Labute approximate surface area is 69.7 Å². The molecule has 12 heavy (non-hydrogen) atoms. The van der Waals surface area contributed by atoms with Crippen molar-refractivity contribution in [2.75, 3.05) is 0 Å². The van der Waals surface area contributed by atoms with Crippen molar-refractivity contribution in [2.45, 2.75) is 0 Å². The molecule has 0 radical (unpaired) electrons. The van der Waals surface area contributed by atoms with Crippen LogP contribution in [0.5, 0.6) is 0 Å². The van der Waals surface area contributed by atoms with Gasteiger partial charge in [0.25, 0.3) is 0 Å². The van der Waals surface area contributed by atoms with E-state index < -0.39 is 0 Å². The second-order valence-corrected chi connectivity index (χ2v) is 2.99. The van der Waals surface area contributed by atoms with Crippen molar-refractivity contribution in [3.8, 4) is 0 Å². The fourth-order valence-electron chi connectivity index (χ4n) is 1.72. The van der Waals surface area contributed by atoms with Crippen LogP contribution in [0, 0.1) is 17.8 Å². The molecule has 62 valence electrons. The van der Waals surface area contributed by atoms with Crippen molar-refractivity contribution in [1.29, 1.82) is 0 Å². The molecule has 0 saturated heterocycles. The maximum absolute atomic E-state index is 11.1. The van der Waals surface area contributed by atoms with Crippen LogP contribution in [0.1, 0.15) is 0 Å². The molecule has 0 heterocycles. The lowest BCUT2D eigenvalue weighted by Crippen LogP contribution is -2.08. The Morgan fingerprint density at radius 3 is 2.92 bits per heavy atom. The minimum Gasteiger partial charge on any atom is -0.435 e. The summed E-state index contributed by atoms with van der Waals surface area (Å²) in [7, 11) is 0. The number of carbonyl (C=O) groups is 2. The number of rotatable bonds is 2. The molecule has 0 spiro atoms. The Kier molecular flexibility index (Phi) is 1.40. The van der Waals surface area contributed by atoms with Gasteiger partial charge in [-0.2, -0.15) is 0 Å². The zero-order valence-electron chi connectivity index (χ0n) is 6.40. The minimum atomic E-state index is -0.335. The van der Waals surface area contributed by atoms with Crippen LogP contribution < -0.4 is 0 Å². The van der Waals surface area contributed by atoms with Gasteiger partial charge in [0.15, 0.2) is 5.78 Å². The number of ether oxygens (including phenoxy) is 1. The van der Waals surface area contributed by atoms with Crippen LogP contribution in [0.4, 0.5) is 0 Å². The van der Waals surface area contributed by atoms with E-state index in [1.807, 2.05) is 0 Å². The average Bonchev–Trinajstić information content (AvgIpc) is 2.65. The van der Waals surface area contributed by atoms with Gasteiger partial charge >= 0.3 is 5.97 Å². The lowest BCUT2D eigenvalue weighted by molar-refractivity contribution is -0.140. The molecule has 0 N–H and O–H groups in total. The quantitative estimate of drug-likeness (QED) is 0.445. The Bertz CT molecular complexity index is 290. The minimum absolute atomic E-state index is 0.0472. The lowest BCUT2D eigenvalue weighted by Gasteiger charge is -1.96. The molecule has 0 aromatic heterocycles. The second kappa shape index (κ2) is 2.30. The first-order chi connectivity index (χ1) is 5.75. The van der Waals surface area contributed by atoms with Gasteiger partial charge in [0.05, 0.1) is 12.2 Å². The van der Waals surface area contributed by atoms with E-state index in [0.29, 0.717) is 0 Å². The summed E-state index contributed by atoms with van der Waals surface area (Å²) < 4.78 is 4.59. The molecule has 2 rings (SSSR count). The van der Waals surface area contributed by atoms with Gasteiger partial charge in [0.2, 0.25) is 0 Å². The van der Waals surface area contributed by atoms with Crippen LogP contribution in [-0.4, -0.2) is 11.8 Å². The van der Waals surface area contributed by atoms with E-state index in [1.54, 1.807) is 6.08 Å². The van der Waals surface area contributed by atoms with Crippen molar-refractivity contribution in [1.82, 2.24) is 0 Å². The van der Waals surface area contributed by atoms with Crippen LogP contribution >= 0.6 is 0 Å². The van der Waals surface area contributed by atoms with Crippen LogP contribution in [0.2, 0.25) is 0 Å². The zero-order valence-corrected chi connectivity index (χ0v) is 6.40. The molecule has 3 nitrogen and oxygen atoms in total. The molecule has 2 aliphatic carbocycles. The number of hydrogen-bond donors (Lipinski definition) is 0. The monoisotopic (exact) mass is 164 g/mol. The van der Waals surface area contributed by atoms with Gasteiger partial charge in [0.1, 0.15) is 0 Å². The molecule has 0 aromatic carbocycles. The summed E-state index contributed by atoms with van der Waals surface area (Å²) in [5.41, 5.74) is 0. The van der Waals surface area contributed by atoms with Crippen LogP contribution in [0.3, 0.4) is 0 Å². The molecule has 0 aliphatic heterocycles. The topological polar surface area (TPSA) is 43.4 Å². The fourth-order valence-corrected chi connectivity index (χ4v) is 1.72. The molecule has 0 unspecified atom stereocenters. The molecule has 1 fully saturated rings. The van der Waals surface area contributed by atoms with Crippen molar-refractivity contribution < 1.29 is 14.3 Å². The van der Waals surface area contributed by atoms with Crippen LogP contribution in [0.15, 0.2) is 25.0 Å². The number of fused-ring (bicyclic) bond motifs is 1. The van der Waals surface area contributed by atoms with E-state index in [0.717, 1.165) is 6.26 Å². The summed E-state index contributed by atoms with van der Waals surface area (Å²) >= 11 is 0. The first-order valence-electron chi connectivity index (χ1n) is 3.79. The Morgan fingerprint density at radius 2 is 2.42 bits per heavy atom. The summed E-state index contributed by atoms with van der Waals surface area (Å²) in [6.45, 7) is 3.28. The summed E-state index contributed by atoms with van der Waals surface area (Å²) in [5, 5.41) is 0. The van der Waals surface area contributed by atoms with E-state index in [1.165, 1.54) is 6.08 Å². The van der Waals surface area contributed by atoms with E-state index in [2.05, 4.69) is 11.3 Å². The third kappa shape index (κ3) is 0.826. The average molecular weight is 164 g/mol. The first kappa shape index (κ1) is 7.28. The number of allylic oxidation sites excluding steroid dienone is 2. The predicted octanol–water partition coefficient (Wildman–Crippen LogP) is 0.674. The number of carbonyl (C=O) groups excluding carboxylic acids is 2. The van der Waals surface area contributed by atoms with Gasteiger partial charge in [-0.25, -0.2) is 0 Å². The van der Waals surface area contributed by atoms with E-state index in [-0.39, 0.29) is 29.5 Å². The Balaban J connectivity index is 2.04. The normalized spacial score (nSPS) is 36.0. The van der Waals surface area contributed by atoms with E-state index >= 15 is 0 Å². The largest absolute Gasteiger partial charge is 0.435 e. The third-order valence-electron chi connectivity index (χ3n) is 2.36. The molecular weight excluding hydrogens is 156 g/mol. The van der Waals surface area contributed by atoms with Crippen molar-refractivity contribution >= 4 is 11.8 Å². The molecule has 0 aromatic rings.